The largest absolute Gasteiger partial charge is 0.483 e. The highest BCUT2D eigenvalue weighted by molar-refractivity contribution is 5.43. The summed E-state index contributed by atoms with van der Waals surface area (Å²) >= 11 is 0. The molecule has 0 aromatic heterocycles. The molecule has 108 valence electrons. The molecule has 0 spiro atoms. The molecule has 0 aliphatic rings. The molecule has 0 saturated carbocycles. The van der Waals surface area contributed by atoms with Crippen LogP contribution in [0.5, 0.6) is 5.75 Å². The quantitative estimate of drug-likeness (QED) is 0.913. The highest BCUT2D eigenvalue weighted by Crippen LogP contribution is 2.28. The lowest BCUT2D eigenvalue weighted by atomic mass is 10.0. The second-order valence-electron chi connectivity index (χ2n) is 4.77. The SMILES string of the molecule is CCC(N)C(Oc1ccccc1C#N)c1cccc(F)c1. The summed E-state index contributed by atoms with van der Waals surface area (Å²) in [7, 11) is 0. The minimum atomic E-state index is -0.500. The highest BCUT2D eigenvalue weighted by Gasteiger charge is 2.22. The van der Waals surface area contributed by atoms with E-state index in [1.165, 1.54) is 12.1 Å². The van der Waals surface area contributed by atoms with Gasteiger partial charge in [0, 0.05) is 6.04 Å². The van der Waals surface area contributed by atoms with Crippen molar-refractivity contribution in [3.8, 4) is 11.8 Å². The first-order chi connectivity index (χ1) is 10.2. The molecule has 2 unspecified atom stereocenters. The van der Waals surface area contributed by atoms with E-state index in [2.05, 4.69) is 6.07 Å². The molecular weight excluding hydrogens is 267 g/mol. The van der Waals surface area contributed by atoms with Gasteiger partial charge in [-0.25, -0.2) is 4.39 Å². The van der Waals surface area contributed by atoms with Gasteiger partial charge >= 0.3 is 0 Å². The van der Waals surface area contributed by atoms with Gasteiger partial charge in [0.2, 0.25) is 0 Å². The summed E-state index contributed by atoms with van der Waals surface area (Å²) in [6.07, 6.45) is 0.177. The Morgan fingerprint density at radius 1 is 1.24 bits per heavy atom. The molecular formula is C17H17FN2O. The Labute approximate surface area is 123 Å². The molecule has 2 atom stereocenters. The molecule has 0 saturated heterocycles. The van der Waals surface area contributed by atoms with Gasteiger partial charge in [-0.15, -0.1) is 0 Å². The zero-order chi connectivity index (χ0) is 15.2. The number of ether oxygens (including phenoxy) is 1. The van der Waals surface area contributed by atoms with Crippen molar-refractivity contribution in [2.45, 2.75) is 25.5 Å². The van der Waals surface area contributed by atoms with Crippen LogP contribution in [0.3, 0.4) is 0 Å². The van der Waals surface area contributed by atoms with Crippen molar-refractivity contribution < 1.29 is 9.13 Å². The molecule has 0 aliphatic heterocycles. The van der Waals surface area contributed by atoms with Crippen molar-refractivity contribution in [1.82, 2.24) is 0 Å². The van der Waals surface area contributed by atoms with E-state index in [9.17, 15) is 4.39 Å². The van der Waals surface area contributed by atoms with Gasteiger partial charge in [0.15, 0.2) is 0 Å². The minimum Gasteiger partial charge on any atom is -0.483 e. The maximum atomic E-state index is 13.4. The second kappa shape index (κ2) is 6.87. The van der Waals surface area contributed by atoms with Crippen LogP contribution in [-0.4, -0.2) is 6.04 Å². The standard InChI is InChI=1S/C17H17FN2O/c1-2-15(20)17(12-7-5-8-14(18)10-12)21-16-9-4-3-6-13(16)11-19/h3-10,15,17H,2,20H2,1H3. The molecule has 0 amide bonds. The lowest BCUT2D eigenvalue weighted by Gasteiger charge is -2.25. The number of hydrogen-bond donors (Lipinski definition) is 1. The fraction of sp³-hybridized carbons (Fsp3) is 0.235. The summed E-state index contributed by atoms with van der Waals surface area (Å²) in [6, 6.07) is 14.9. The predicted octanol–water partition coefficient (Wildman–Crippen LogP) is 3.55. The monoisotopic (exact) mass is 284 g/mol. The molecule has 2 aromatic carbocycles. The van der Waals surface area contributed by atoms with Crippen LogP contribution in [-0.2, 0) is 0 Å². The normalized spacial score (nSPS) is 13.2. The van der Waals surface area contributed by atoms with E-state index in [0.29, 0.717) is 23.3 Å². The molecule has 0 aliphatic carbocycles. The van der Waals surface area contributed by atoms with E-state index in [1.54, 1.807) is 36.4 Å². The Morgan fingerprint density at radius 2 is 2.00 bits per heavy atom. The van der Waals surface area contributed by atoms with Crippen molar-refractivity contribution in [2.75, 3.05) is 0 Å². The first-order valence-electron chi connectivity index (χ1n) is 6.82. The zero-order valence-corrected chi connectivity index (χ0v) is 11.8. The number of nitrogens with two attached hydrogens (primary N) is 1. The third kappa shape index (κ3) is 3.59. The molecule has 21 heavy (non-hydrogen) atoms. The summed E-state index contributed by atoms with van der Waals surface area (Å²) in [4.78, 5) is 0. The molecule has 2 aromatic rings. The maximum Gasteiger partial charge on any atom is 0.139 e. The smallest absolute Gasteiger partial charge is 0.139 e. The first-order valence-corrected chi connectivity index (χ1v) is 6.82. The summed E-state index contributed by atoms with van der Waals surface area (Å²) in [5, 5.41) is 9.12. The number of rotatable bonds is 5. The number of halogens is 1. The van der Waals surface area contributed by atoms with Gasteiger partial charge in [0.05, 0.1) is 5.56 Å². The number of nitrogens with zero attached hydrogens (tertiary/aromatic N) is 1. The van der Waals surface area contributed by atoms with Crippen LogP contribution in [0.2, 0.25) is 0 Å². The van der Waals surface area contributed by atoms with Crippen LogP contribution in [0.25, 0.3) is 0 Å². The Morgan fingerprint density at radius 3 is 2.67 bits per heavy atom. The Balaban J connectivity index is 2.36. The average Bonchev–Trinajstić information content (AvgIpc) is 2.52. The average molecular weight is 284 g/mol. The number of hydrogen-bond acceptors (Lipinski definition) is 3. The topological polar surface area (TPSA) is 59.0 Å². The molecule has 2 N–H and O–H groups in total. The van der Waals surface area contributed by atoms with E-state index in [-0.39, 0.29) is 11.9 Å². The van der Waals surface area contributed by atoms with E-state index in [0.717, 1.165) is 0 Å². The molecule has 0 heterocycles. The van der Waals surface area contributed by atoms with Crippen molar-refractivity contribution in [1.29, 1.82) is 5.26 Å². The Bertz CT molecular complexity index is 651. The van der Waals surface area contributed by atoms with Gasteiger partial charge in [0.1, 0.15) is 23.7 Å². The lowest BCUT2D eigenvalue weighted by molar-refractivity contribution is 0.170. The number of para-hydroxylation sites is 1. The van der Waals surface area contributed by atoms with Gasteiger partial charge in [-0.3, -0.25) is 0 Å². The zero-order valence-electron chi connectivity index (χ0n) is 11.8. The van der Waals surface area contributed by atoms with Crippen LogP contribution >= 0.6 is 0 Å². The van der Waals surface area contributed by atoms with Gasteiger partial charge in [0.25, 0.3) is 0 Å². The lowest BCUT2D eigenvalue weighted by Crippen LogP contribution is -2.31. The minimum absolute atomic E-state index is 0.293. The Kier molecular flexibility index (Phi) is 4.91. The van der Waals surface area contributed by atoms with Crippen molar-refractivity contribution in [3.63, 3.8) is 0 Å². The Hall–Kier alpha value is -2.38. The maximum absolute atomic E-state index is 13.4. The highest BCUT2D eigenvalue weighted by atomic mass is 19.1. The summed E-state index contributed by atoms with van der Waals surface area (Å²) in [5.41, 5.74) is 7.20. The van der Waals surface area contributed by atoms with Gasteiger partial charge in [-0.05, 0) is 36.2 Å². The van der Waals surface area contributed by atoms with Crippen LogP contribution in [0, 0.1) is 17.1 Å². The molecule has 0 fully saturated rings. The van der Waals surface area contributed by atoms with Gasteiger partial charge in [-0.2, -0.15) is 5.26 Å². The van der Waals surface area contributed by atoms with E-state index >= 15 is 0 Å². The van der Waals surface area contributed by atoms with Crippen molar-refractivity contribution in [2.24, 2.45) is 5.73 Å². The van der Waals surface area contributed by atoms with E-state index < -0.39 is 6.10 Å². The molecule has 4 heteroatoms. The van der Waals surface area contributed by atoms with E-state index in [1.807, 2.05) is 6.92 Å². The van der Waals surface area contributed by atoms with Crippen molar-refractivity contribution >= 4 is 0 Å². The summed E-state index contributed by atoms with van der Waals surface area (Å²) < 4.78 is 19.3. The first kappa shape index (κ1) is 15.0. The van der Waals surface area contributed by atoms with Crippen LogP contribution in [0.15, 0.2) is 48.5 Å². The molecule has 0 radical (unpaired) electrons. The van der Waals surface area contributed by atoms with Crippen molar-refractivity contribution in [3.05, 3.63) is 65.5 Å². The van der Waals surface area contributed by atoms with Crippen LogP contribution < -0.4 is 10.5 Å². The van der Waals surface area contributed by atoms with E-state index in [4.69, 9.17) is 15.7 Å². The van der Waals surface area contributed by atoms with Crippen LogP contribution in [0.4, 0.5) is 4.39 Å². The van der Waals surface area contributed by atoms with Gasteiger partial charge in [-0.1, -0.05) is 31.2 Å². The summed E-state index contributed by atoms with van der Waals surface area (Å²) in [5.74, 6) is 0.121. The number of benzene rings is 2. The third-order valence-corrected chi connectivity index (χ3v) is 3.30. The number of nitriles is 1. The fourth-order valence-electron chi connectivity index (χ4n) is 2.10. The molecule has 3 nitrogen and oxygen atoms in total. The van der Waals surface area contributed by atoms with Crippen LogP contribution in [0.1, 0.15) is 30.6 Å². The fourth-order valence-corrected chi connectivity index (χ4v) is 2.10. The molecule has 0 bridgehead atoms. The second-order valence-corrected chi connectivity index (χ2v) is 4.77. The third-order valence-electron chi connectivity index (χ3n) is 3.30. The summed E-state index contributed by atoms with van der Waals surface area (Å²) in [6.45, 7) is 1.94. The van der Waals surface area contributed by atoms with Gasteiger partial charge < -0.3 is 10.5 Å². The molecule has 2 rings (SSSR count). The predicted molar refractivity (Wildman–Crippen MR) is 79.2 cm³/mol.